The van der Waals surface area contributed by atoms with Crippen LogP contribution in [-0.4, -0.2) is 36.3 Å². The fourth-order valence-electron chi connectivity index (χ4n) is 1.52. The summed E-state index contributed by atoms with van der Waals surface area (Å²) in [5.41, 5.74) is 0.591. The Labute approximate surface area is 97.8 Å². The molecule has 6 nitrogen and oxygen atoms in total. The van der Waals surface area contributed by atoms with Crippen molar-refractivity contribution in [2.75, 3.05) is 19.5 Å². The summed E-state index contributed by atoms with van der Waals surface area (Å²) in [6.45, 7) is 0. The first kappa shape index (κ1) is 12.8. The van der Waals surface area contributed by atoms with E-state index in [2.05, 4.69) is 5.32 Å². The molecule has 0 radical (unpaired) electrons. The molecule has 6 heteroatoms. The normalized spacial score (nSPS) is 9.76. The Morgan fingerprint density at radius 3 is 2.41 bits per heavy atom. The topological polar surface area (TPSA) is 95.9 Å². The number of anilines is 1. The van der Waals surface area contributed by atoms with Gasteiger partial charge in [-0.1, -0.05) is 0 Å². The molecule has 0 fully saturated rings. The minimum absolute atomic E-state index is 0.0731. The first-order chi connectivity index (χ1) is 7.99. The van der Waals surface area contributed by atoms with Crippen LogP contribution in [0.4, 0.5) is 5.69 Å². The van der Waals surface area contributed by atoms with Crippen molar-refractivity contribution in [1.82, 2.24) is 0 Å². The summed E-state index contributed by atoms with van der Waals surface area (Å²) in [6, 6.07) is 2.87. The highest BCUT2D eigenvalue weighted by atomic mass is 16.5. The molecule has 0 saturated carbocycles. The quantitative estimate of drug-likeness (QED) is 0.711. The number of hydrogen-bond donors (Lipinski definition) is 3. The number of aliphatic carboxylic acids is 1. The molecule has 0 amide bonds. The Morgan fingerprint density at radius 2 is 2.00 bits per heavy atom. The minimum atomic E-state index is -1.18. The van der Waals surface area contributed by atoms with E-state index in [4.69, 9.17) is 14.9 Å². The fraction of sp³-hybridized carbons (Fsp3) is 0.273. The van der Waals surface area contributed by atoms with Gasteiger partial charge in [-0.3, -0.25) is 4.79 Å². The highest BCUT2D eigenvalue weighted by Crippen LogP contribution is 2.27. The summed E-state index contributed by atoms with van der Waals surface area (Å²) in [5, 5.41) is 20.6. The Kier molecular flexibility index (Phi) is 3.92. The van der Waals surface area contributed by atoms with Crippen LogP contribution in [0.2, 0.25) is 0 Å². The predicted molar refractivity (Wildman–Crippen MR) is 60.8 cm³/mol. The number of nitrogens with one attached hydrogen (secondary N) is 1. The van der Waals surface area contributed by atoms with Crippen molar-refractivity contribution in [2.24, 2.45) is 0 Å². The summed E-state index contributed by atoms with van der Waals surface area (Å²) in [6.07, 6.45) is -0.359. The van der Waals surface area contributed by atoms with Crippen molar-refractivity contribution in [1.29, 1.82) is 0 Å². The molecule has 92 valence electrons. The summed E-state index contributed by atoms with van der Waals surface area (Å²) in [4.78, 5) is 21.8. The molecule has 1 aromatic carbocycles. The lowest BCUT2D eigenvalue weighted by molar-refractivity contribution is -0.136. The van der Waals surface area contributed by atoms with Crippen LogP contribution in [0.5, 0.6) is 5.75 Å². The number of carboxylic acids is 2. The van der Waals surface area contributed by atoms with E-state index in [9.17, 15) is 9.59 Å². The van der Waals surface area contributed by atoms with Crippen LogP contribution in [0.3, 0.4) is 0 Å². The van der Waals surface area contributed by atoms with Crippen LogP contribution in [0.1, 0.15) is 15.9 Å². The van der Waals surface area contributed by atoms with Crippen molar-refractivity contribution in [3.05, 3.63) is 23.3 Å². The van der Waals surface area contributed by atoms with Gasteiger partial charge >= 0.3 is 11.9 Å². The van der Waals surface area contributed by atoms with Gasteiger partial charge in [0, 0.05) is 24.4 Å². The van der Waals surface area contributed by atoms with Gasteiger partial charge < -0.3 is 20.3 Å². The zero-order chi connectivity index (χ0) is 13.0. The van der Waals surface area contributed by atoms with Gasteiger partial charge in [-0.2, -0.15) is 0 Å². The van der Waals surface area contributed by atoms with Crippen LogP contribution in [0.15, 0.2) is 12.1 Å². The number of aromatic carboxylic acids is 1. The predicted octanol–water partition coefficient (Wildman–Crippen LogP) is 1.06. The molecule has 0 atom stereocenters. The molecule has 3 N–H and O–H groups in total. The SMILES string of the molecule is CNc1cc(OC)cc(C(=O)O)c1CC(=O)O. The van der Waals surface area contributed by atoms with Gasteiger partial charge in [0.15, 0.2) is 0 Å². The Morgan fingerprint density at radius 1 is 1.35 bits per heavy atom. The van der Waals surface area contributed by atoms with Gasteiger partial charge in [0.05, 0.1) is 19.1 Å². The number of rotatable bonds is 5. The molecule has 0 bridgehead atoms. The van der Waals surface area contributed by atoms with Gasteiger partial charge in [-0.25, -0.2) is 4.79 Å². The zero-order valence-electron chi connectivity index (χ0n) is 9.48. The van der Waals surface area contributed by atoms with Gasteiger partial charge in [0.25, 0.3) is 0 Å². The molecule has 0 heterocycles. The standard InChI is InChI=1S/C11H13NO5/c1-12-9-4-6(17-2)3-8(11(15)16)7(9)5-10(13)14/h3-4,12H,5H2,1-2H3,(H,13,14)(H,15,16). The number of carbonyl (C=O) groups is 2. The average Bonchev–Trinajstić information content (AvgIpc) is 2.28. The molecule has 0 aliphatic rings. The van der Waals surface area contributed by atoms with Crippen LogP contribution in [-0.2, 0) is 11.2 Å². The second-order valence-corrected chi connectivity index (χ2v) is 3.33. The van der Waals surface area contributed by atoms with E-state index in [0.29, 0.717) is 11.4 Å². The van der Waals surface area contributed by atoms with Gasteiger partial charge in [0.2, 0.25) is 0 Å². The molecule has 0 unspecified atom stereocenters. The monoisotopic (exact) mass is 239 g/mol. The highest BCUT2D eigenvalue weighted by Gasteiger charge is 2.18. The van der Waals surface area contributed by atoms with E-state index >= 15 is 0 Å². The van der Waals surface area contributed by atoms with E-state index in [0.717, 1.165) is 0 Å². The zero-order valence-corrected chi connectivity index (χ0v) is 9.48. The number of ether oxygens (including phenoxy) is 1. The first-order valence-electron chi connectivity index (χ1n) is 4.83. The van der Waals surface area contributed by atoms with Crippen molar-refractivity contribution < 1.29 is 24.5 Å². The van der Waals surface area contributed by atoms with E-state index < -0.39 is 11.9 Å². The smallest absolute Gasteiger partial charge is 0.336 e. The fourth-order valence-corrected chi connectivity index (χ4v) is 1.52. The van der Waals surface area contributed by atoms with Crippen molar-refractivity contribution >= 4 is 17.6 Å². The Balaban J connectivity index is 3.40. The molecule has 1 rings (SSSR count). The minimum Gasteiger partial charge on any atom is -0.497 e. The maximum Gasteiger partial charge on any atom is 0.336 e. The molecular weight excluding hydrogens is 226 g/mol. The number of hydrogen-bond acceptors (Lipinski definition) is 4. The maximum atomic E-state index is 11.1. The highest BCUT2D eigenvalue weighted by molar-refractivity contribution is 5.94. The van der Waals surface area contributed by atoms with Crippen LogP contribution < -0.4 is 10.1 Å². The summed E-state index contributed by atoms with van der Waals surface area (Å²) < 4.78 is 4.96. The third-order valence-corrected chi connectivity index (χ3v) is 2.29. The summed E-state index contributed by atoms with van der Waals surface area (Å²) >= 11 is 0. The molecule has 0 saturated heterocycles. The summed E-state index contributed by atoms with van der Waals surface area (Å²) in [7, 11) is 3.00. The largest absolute Gasteiger partial charge is 0.497 e. The number of benzene rings is 1. The van der Waals surface area contributed by atoms with E-state index in [1.165, 1.54) is 13.2 Å². The van der Waals surface area contributed by atoms with E-state index in [1.807, 2.05) is 0 Å². The lowest BCUT2D eigenvalue weighted by Gasteiger charge is -2.13. The van der Waals surface area contributed by atoms with Crippen LogP contribution in [0.25, 0.3) is 0 Å². The number of methoxy groups -OCH3 is 1. The molecule has 1 aromatic rings. The van der Waals surface area contributed by atoms with E-state index in [-0.39, 0.29) is 17.5 Å². The third-order valence-electron chi connectivity index (χ3n) is 2.29. The van der Waals surface area contributed by atoms with Crippen molar-refractivity contribution in [2.45, 2.75) is 6.42 Å². The van der Waals surface area contributed by atoms with Crippen LogP contribution >= 0.6 is 0 Å². The van der Waals surface area contributed by atoms with Gasteiger partial charge in [-0.05, 0) is 6.07 Å². The van der Waals surface area contributed by atoms with E-state index in [1.54, 1.807) is 13.1 Å². The molecule has 17 heavy (non-hydrogen) atoms. The lowest BCUT2D eigenvalue weighted by Crippen LogP contribution is -2.11. The third kappa shape index (κ3) is 2.87. The average molecular weight is 239 g/mol. The van der Waals surface area contributed by atoms with Crippen LogP contribution in [0, 0.1) is 0 Å². The summed E-state index contributed by atoms with van der Waals surface area (Å²) in [5.74, 6) is -1.91. The molecule has 0 spiro atoms. The molecule has 0 aliphatic carbocycles. The lowest BCUT2D eigenvalue weighted by atomic mass is 10.0. The number of carboxylic acid groups (broad SMARTS) is 2. The van der Waals surface area contributed by atoms with Crippen molar-refractivity contribution in [3.8, 4) is 5.75 Å². The van der Waals surface area contributed by atoms with Gasteiger partial charge in [0.1, 0.15) is 5.75 Å². The second kappa shape index (κ2) is 5.20. The molecule has 0 aromatic heterocycles. The first-order valence-corrected chi connectivity index (χ1v) is 4.83. The Bertz CT molecular complexity index is 455. The molecule has 0 aliphatic heterocycles. The maximum absolute atomic E-state index is 11.1. The Hall–Kier alpha value is -2.24. The van der Waals surface area contributed by atoms with Crippen molar-refractivity contribution in [3.63, 3.8) is 0 Å². The van der Waals surface area contributed by atoms with Gasteiger partial charge in [-0.15, -0.1) is 0 Å². The molecular formula is C11H13NO5. The second-order valence-electron chi connectivity index (χ2n) is 3.33.